The van der Waals surface area contributed by atoms with Gasteiger partial charge in [0.05, 0.1) is 10.6 Å². The molecule has 0 radical (unpaired) electrons. The number of hydrogen-bond acceptors (Lipinski definition) is 8. The second kappa shape index (κ2) is 8.11. The predicted molar refractivity (Wildman–Crippen MR) is 113 cm³/mol. The second-order valence-electron chi connectivity index (χ2n) is 7.26. The maximum Gasteiger partial charge on any atom is 0.345 e. The van der Waals surface area contributed by atoms with E-state index in [9.17, 15) is 29.3 Å². The molecule has 0 saturated carbocycles. The first-order valence-electron chi connectivity index (χ1n) is 9.66. The van der Waals surface area contributed by atoms with Gasteiger partial charge in [0.2, 0.25) is 5.78 Å². The van der Waals surface area contributed by atoms with E-state index in [1.54, 1.807) is 26.1 Å². The lowest BCUT2D eigenvalue weighted by Gasteiger charge is -2.18. The molecule has 1 N–H and O–H groups in total. The Kier molecular flexibility index (Phi) is 5.30. The Morgan fingerprint density at radius 1 is 1.09 bits per heavy atom. The summed E-state index contributed by atoms with van der Waals surface area (Å²) in [6.45, 7) is 1.00. The van der Waals surface area contributed by atoms with Gasteiger partial charge in [-0.15, -0.1) is 0 Å². The van der Waals surface area contributed by atoms with Crippen molar-refractivity contribution in [2.75, 3.05) is 11.9 Å². The Morgan fingerprint density at radius 3 is 2.36 bits per heavy atom. The summed E-state index contributed by atoms with van der Waals surface area (Å²) in [6.07, 6.45) is 0. The minimum atomic E-state index is -1.18. The number of nitro groups is 1. The lowest BCUT2D eigenvalue weighted by Crippen LogP contribution is -2.25. The number of ether oxygens (including phenoxy) is 1. The van der Waals surface area contributed by atoms with Crippen molar-refractivity contribution in [3.8, 4) is 0 Å². The summed E-state index contributed by atoms with van der Waals surface area (Å²) >= 11 is 0. The number of ketones is 2. The number of aromatic nitrogens is 2. The molecule has 166 valence electrons. The van der Waals surface area contributed by atoms with Crippen LogP contribution < -0.4 is 5.32 Å². The van der Waals surface area contributed by atoms with Crippen molar-refractivity contribution in [3.63, 3.8) is 0 Å². The van der Waals surface area contributed by atoms with Gasteiger partial charge in [0.25, 0.3) is 11.6 Å². The largest absolute Gasteiger partial charge is 0.452 e. The Morgan fingerprint density at radius 2 is 1.76 bits per heavy atom. The van der Waals surface area contributed by atoms with Gasteiger partial charge in [-0.1, -0.05) is 24.3 Å². The van der Waals surface area contributed by atoms with Crippen molar-refractivity contribution in [3.05, 3.63) is 86.1 Å². The predicted octanol–water partition coefficient (Wildman–Crippen LogP) is 2.21. The molecule has 11 heteroatoms. The lowest BCUT2D eigenvalue weighted by atomic mass is 9.82. The van der Waals surface area contributed by atoms with Crippen LogP contribution in [0.1, 0.15) is 47.9 Å². The fourth-order valence-electron chi connectivity index (χ4n) is 3.64. The number of amides is 1. The molecule has 1 heterocycles. The molecule has 11 nitrogen and oxygen atoms in total. The summed E-state index contributed by atoms with van der Waals surface area (Å²) in [4.78, 5) is 61.4. The maximum absolute atomic E-state index is 13.0. The average Bonchev–Trinajstić information content (AvgIpc) is 3.10. The average molecular weight is 448 g/mol. The SMILES string of the molecule is Cc1cc(NC(=O)COC(=O)c2ccc3c(c2[N+](=O)[O-])C(=O)c2ccccc2C3=O)n(C)n1. The fourth-order valence-corrected chi connectivity index (χ4v) is 3.64. The van der Waals surface area contributed by atoms with E-state index in [0.29, 0.717) is 11.5 Å². The quantitative estimate of drug-likeness (QED) is 0.277. The summed E-state index contributed by atoms with van der Waals surface area (Å²) in [5.41, 5.74) is -1.23. The standard InChI is InChI=1S/C22H16N4O7/c1-11-9-16(25(2)24-11)23-17(27)10-33-22(30)15-8-7-14-18(19(15)26(31)32)21(29)13-6-4-3-5-12(13)20(14)28/h3-9H,10H2,1-2H3,(H,23,27). The smallest absolute Gasteiger partial charge is 0.345 e. The minimum absolute atomic E-state index is 0.00876. The molecule has 1 aliphatic rings. The molecule has 1 aromatic heterocycles. The summed E-state index contributed by atoms with van der Waals surface area (Å²) in [5.74, 6) is -2.80. The Bertz CT molecular complexity index is 1370. The van der Waals surface area contributed by atoms with Gasteiger partial charge in [0.15, 0.2) is 12.4 Å². The molecule has 4 rings (SSSR count). The number of esters is 1. The zero-order chi connectivity index (χ0) is 23.9. The second-order valence-corrected chi connectivity index (χ2v) is 7.26. The third-order valence-corrected chi connectivity index (χ3v) is 5.07. The van der Waals surface area contributed by atoms with Crippen molar-refractivity contribution < 1.29 is 28.8 Å². The van der Waals surface area contributed by atoms with Gasteiger partial charge >= 0.3 is 5.97 Å². The van der Waals surface area contributed by atoms with E-state index < -0.39 is 51.8 Å². The van der Waals surface area contributed by atoms with Crippen molar-refractivity contribution in [2.24, 2.45) is 7.05 Å². The number of nitrogens with one attached hydrogen (secondary N) is 1. The van der Waals surface area contributed by atoms with Crippen molar-refractivity contribution in [1.29, 1.82) is 0 Å². The number of hydrogen-bond donors (Lipinski definition) is 1. The molecule has 3 aromatic rings. The Hall–Kier alpha value is -4.67. The Labute approximate surface area is 186 Å². The highest BCUT2D eigenvalue weighted by atomic mass is 16.6. The zero-order valence-corrected chi connectivity index (χ0v) is 17.4. The minimum Gasteiger partial charge on any atom is -0.452 e. The van der Waals surface area contributed by atoms with Gasteiger partial charge in [0.1, 0.15) is 16.9 Å². The number of nitrogens with zero attached hydrogens (tertiary/aromatic N) is 3. The maximum atomic E-state index is 13.0. The highest BCUT2D eigenvalue weighted by Crippen LogP contribution is 2.35. The number of carbonyl (C=O) groups excluding carboxylic acids is 4. The third kappa shape index (κ3) is 3.76. The van der Waals surface area contributed by atoms with Crippen LogP contribution in [0.3, 0.4) is 0 Å². The van der Waals surface area contributed by atoms with Crippen LogP contribution >= 0.6 is 0 Å². The monoisotopic (exact) mass is 448 g/mol. The summed E-state index contributed by atoms with van der Waals surface area (Å²) in [7, 11) is 1.61. The number of carbonyl (C=O) groups is 4. The molecule has 0 unspecified atom stereocenters. The highest BCUT2D eigenvalue weighted by molar-refractivity contribution is 6.30. The van der Waals surface area contributed by atoms with Crippen LogP contribution in [0.4, 0.5) is 11.5 Å². The normalized spacial score (nSPS) is 12.1. The molecular weight excluding hydrogens is 432 g/mol. The molecule has 0 atom stereocenters. The first-order valence-corrected chi connectivity index (χ1v) is 9.66. The number of nitro benzene ring substituents is 1. The van der Waals surface area contributed by atoms with E-state index in [1.165, 1.54) is 28.9 Å². The summed E-state index contributed by atoms with van der Waals surface area (Å²) in [5, 5.41) is 18.4. The molecule has 0 aliphatic heterocycles. The Balaban J connectivity index is 1.62. The molecule has 33 heavy (non-hydrogen) atoms. The number of anilines is 1. The van der Waals surface area contributed by atoms with Crippen molar-refractivity contribution in [2.45, 2.75) is 6.92 Å². The van der Waals surface area contributed by atoms with Crippen LogP contribution in [0.5, 0.6) is 0 Å². The van der Waals surface area contributed by atoms with Gasteiger partial charge in [-0.3, -0.25) is 29.2 Å². The third-order valence-electron chi connectivity index (χ3n) is 5.07. The van der Waals surface area contributed by atoms with E-state index in [1.807, 2.05) is 0 Å². The van der Waals surface area contributed by atoms with Crippen LogP contribution in [0.2, 0.25) is 0 Å². The topological polar surface area (TPSA) is 150 Å². The van der Waals surface area contributed by atoms with Gasteiger partial charge in [-0.05, 0) is 19.1 Å². The highest BCUT2D eigenvalue weighted by Gasteiger charge is 2.39. The van der Waals surface area contributed by atoms with Crippen LogP contribution in [-0.4, -0.2) is 44.8 Å². The molecule has 0 saturated heterocycles. The summed E-state index contributed by atoms with van der Waals surface area (Å²) < 4.78 is 6.36. The van der Waals surface area contributed by atoms with Crippen LogP contribution in [0.25, 0.3) is 0 Å². The summed E-state index contributed by atoms with van der Waals surface area (Å²) in [6, 6.07) is 9.77. The number of aryl methyl sites for hydroxylation is 2. The van der Waals surface area contributed by atoms with Gasteiger partial charge < -0.3 is 10.1 Å². The first kappa shape index (κ1) is 21.6. The van der Waals surface area contributed by atoms with Crippen LogP contribution in [-0.2, 0) is 16.6 Å². The molecule has 2 aromatic carbocycles. The van der Waals surface area contributed by atoms with E-state index in [2.05, 4.69) is 10.4 Å². The molecule has 1 amide bonds. The van der Waals surface area contributed by atoms with Crippen molar-refractivity contribution in [1.82, 2.24) is 9.78 Å². The van der Waals surface area contributed by atoms with E-state index in [4.69, 9.17) is 4.74 Å². The molecule has 0 bridgehead atoms. The zero-order valence-electron chi connectivity index (χ0n) is 17.4. The van der Waals surface area contributed by atoms with Gasteiger partial charge in [-0.25, -0.2) is 4.79 Å². The van der Waals surface area contributed by atoms with E-state index in [0.717, 1.165) is 6.07 Å². The van der Waals surface area contributed by atoms with E-state index >= 15 is 0 Å². The number of fused-ring (bicyclic) bond motifs is 2. The first-order chi connectivity index (χ1) is 15.7. The lowest BCUT2D eigenvalue weighted by molar-refractivity contribution is -0.385. The molecule has 0 fully saturated rings. The van der Waals surface area contributed by atoms with Gasteiger partial charge in [0, 0.05) is 29.8 Å². The van der Waals surface area contributed by atoms with Crippen LogP contribution in [0.15, 0.2) is 42.5 Å². The van der Waals surface area contributed by atoms with Crippen LogP contribution in [0, 0.1) is 17.0 Å². The molecular formula is C22H16N4O7. The molecule has 1 aliphatic carbocycles. The molecule has 0 spiro atoms. The van der Waals surface area contributed by atoms with Gasteiger partial charge in [-0.2, -0.15) is 5.10 Å². The van der Waals surface area contributed by atoms with E-state index in [-0.39, 0.29) is 16.7 Å². The number of benzene rings is 2. The van der Waals surface area contributed by atoms with Crippen molar-refractivity contribution >= 4 is 34.9 Å². The number of rotatable bonds is 5. The fraction of sp³-hybridized carbons (Fsp3) is 0.136.